The fraction of sp³-hybridized carbons (Fsp3) is 0.417. The summed E-state index contributed by atoms with van der Waals surface area (Å²) in [6.45, 7) is 2.54. The van der Waals surface area contributed by atoms with Gasteiger partial charge in [0.05, 0.1) is 5.56 Å². The van der Waals surface area contributed by atoms with E-state index in [2.05, 4.69) is 21.2 Å². The number of amides is 1. The number of hydrogen-bond acceptors (Lipinski definition) is 3. The van der Waals surface area contributed by atoms with Crippen molar-refractivity contribution in [1.29, 1.82) is 0 Å². The molecule has 1 unspecified atom stereocenters. The number of nitrogens with one attached hydrogen (secondary N) is 1. The van der Waals surface area contributed by atoms with Crippen molar-refractivity contribution in [3.63, 3.8) is 0 Å². The Morgan fingerprint density at radius 2 is 2.24 bits per heavy atom. The molecule has 94 valence electrons. The highest BCUT2D eigenvalue weighted by Gasteiger charge is 2.12. The Hall–Kier alpha value is -1.07. The van der Waals surface area contributed by atoms with Crippen LogP contribution in [0.5, 0.6) is 5.75 Å². The van der Waals surface area contributed by atoms with E-state index in [1.165, 1.54) is 6.07 Å². The minimum Gasteiger partial charge on any atom is -0.507 e. The Kier molecular flexibility index (Phi) is 5.44. The summed E-state index contributed by atoms with van der Waals surface area (Å²) >= 11 is 3.21. The van der Waals surface area contributed by atoms with Crippen LogP contribution in [-0.2, 0) is 0 Å². The van der Waals surface area contributed by atoms with Crippen molar-refractivity contribution < 1.29 is 15.0 Å². The molecule has 17 heavy (non-hydrogen) atoms. The van der Waals surface area contributed by atoms with E-state index in [0.29, 0.717) is 13.0 Å². The zero-order chi connectivity index (χ0) is 12.8. The van der Waals surface area contributed by atoms with E-state index in [-0.39, 0.29) is 29.7 Å². The number of aromatic hydroxyl groups is 1. The summed E-state index contributed by atoms with van der Waals surface area (Å²) in [5.74, 6) is -0.145. The van der Waals surface area contributed by atoms with E-state index in [1.807, 2.05) is 6.92 Å². The highest BCUT2D eigenvalue weighted by atomic mass is 79.9. The highest BCUT2D eigenvalue weighted by Crippen LogP contribution is 2.22. The molecule has 0 aliphatic rings. The Morgan fingerprint density at radius 1 is 1.53 bits per heavy atom. The molecule has 4 nitrogen and oxygen atoms in total. The first-order valence-corrected chi connectivity index (χ1v) is 6.21. The van der Waals surface area contributed by atoms with Crippen molar-refractivity contribution in [3.8, 4) is 5.75 Å². The van der Waals surface area contributed by atoms with Gasteiger partial charge >= 0.3 is 0 Å². The molecule has 0 fully saturated rings. The third-order valence-electron chi connectivity index (χ3n) is 2.44. The number of phenols is 1. The summed E-state index contributed by atoms with van der Waals surface area (Å²) in [5.41, 5.74) is 0.254. The largest absolute Gasteiger partial charge is 0.507 e. The van der Waals surface area contributed by atoms with Crippen molar-refractivity contribution in [2.45, 2.75) is 13.3 Å². The average molecular weight is 302 g/mol. The molecular formula is C12H16BrNO3. The van der Waals surface area contributed by atoms with Crippen molar-refractivity contribution in [2.24, 2.45) is 5.92 Å². The molecule has 0 radical (unpaired) electrons. The van der Waals surface area contributed by atoms with Crippen molar-refractivity contribution in [2.75, 3.05) is 13.2 Å². The normalized spacial score (nSPS) is 12.2. The molecule has 0 spiro atoms. The molecule has 0 aromatic heterocycles. The van der Waals surface area contributed by atoms with Crippen LogP contribution in [-0.4, -0.2) is 29.3 Å². The van der Waals surface area contributed by atoms with Crippen molar-refractivity contribution in [1.82, 2.24) is 5.32 Å². The number of aliphatic hydroxyl groups excluding tert-OH is 1. The molecule has 1 rings (SSSR count). The van der Waals surface area contributed by atoms with Gasteiger partial charge in [0, 0.05) is 17.6 Å². The van der Waals surface area contributed by atoms with Crippen LogP contribution in [0.2, 0.25) is 0 Å². The monoisotopic (exact) mass is 301 g/mol. The standard InChI is InChI=1S/C12H16BrNO3/c1-8(4-5-15)7-14-12(17)10-3-2-9(13)6-11(10)16/h2-3,6,8,15-16H,4-5,7H2,1H3,(H,14,17). The van der Waals surface area contributed by atoms with E-state index in [0.717, 1.165) is 4.47 Å². The van der Waals surface area contributed by atoms with Gasteiger partial charge in [-0.2, -0.15) is 0 Å². The molecule has 0 aliphatic carbocycles. The quantitative estimate of drug-likeness (QED) is 0.778. The van der Waals surface area contributed by atoms with Gasteiger partial charge in [-0.3, -0.25) is 4.79 Å². The highest BCUT2D eigenvalue weighted by molar-refractivity contribution is 9.10. The van der Waals surface area contributed by atoms with Gasteiger partial charge in [-0.25, -0.2) is 0 Å². The molecule has 1 amide bonds. The van der Waals surface area contributed by atoms with Crippen molar-refractivity contribution in [3.05, 3.63) is 28.2 Å². The van der Waals surface area contributed by atoms with Crippen LogP contribution in [0, 0.1) is 5.92 Å². The van der Waals surface area contributed by atoms with Crippen LogP contribution in [0.15, 0.2) is 22.7 Å². The number of aliphatic hydroxyl groups is 1. The molecule has 0 saturated heterocycles. The summed E-state index contributed by atoms with van der Waals surface area (Å²) < 4.78 is 0.722. The van der Waals surface area contributed by atoms with Gasteiger partial charge in [-0.1, -0.05) is 22.9 Å². The third kappa shape index (κ3) is 4.36. The second kappa shape index (κ2) is 6.61. The van der Waals surface area contributed by atoms with Gasteiger partial charge in [0.25, 0.3) is 5.91 Å². The van der Waals surface area contributed by atoms with Gasteiger partial charge < -0.3 is 15.5 Å². The van der Waals surface area contributed by atoms with Gasteiger partial charge in [0.1, 0.15) is 5.75 Å². The molecular weight excluding hydrogens is 286 g/mol. The minimum absolute atomic E-state index is 0.0494. The van der Waals surface area contributed by atoms with E-state index in [4.69, 9.17) is 5.11 Å². The maximum absolute atomic E-state index is 11.7. The lowest BCUT2D eigenvalue weighted by atomic mass is 10.1. The van der Waals surface area contributed by atoms with Crippen LogP contribution in [0.3, 0.4) is 0 Å². The Balaban J connectivity index is 2.58. The topological polar surface area (TPSA) is 69.6 Å². The van der Waals surface area contributed by atoms with Gasteiger partial charge in [-0.05, 0) is 30.5 Å². The number of benzene rings is 1. The van der Waals surface area contributed by atoms with E-state index in [1.54, 1.807) is 12.1 Å². The fourth-order valence-corrected chi connectivity index (χ4v) is 1.73. The molecule has 0 aliphatic heterocycles. The zero-order valence-electron chi connectivity index (χ0n) is 9.61. The van der Waals surface area contributed by atoms with E-state index < -0.39 is 0 Å². The van der Waals surface area contributed by atoms with Crippen molar-refractivity contribution >= 4 is 21.8 Å². The van der Waals surface area contributed by atoms with Crippen LogP contribution < -0.4 is 5.32 Å². The first kappa shape index (κ1) is 14.0. The second-order valence-electron chi connectivity index (χ2n) is 3.99. The predicted octanol–water partition coefficient (Wildman–Crippen LogP) is 1.90. The lowest BCUT2D eigenvalue weighted by Gasteiger charge is -2.11. The Morgan fingerprint density at radius 3 is 2.82 bits per heavy atom. The second-order valence-corrected chi connectivity index (χ2v) is 4.90. The number of phenolic OH excluding ortho intramolecular Hbond substituents is 1. The summed E-state index contributed by atoms with van der Waals surface area (Å²) in [7, 11) is 0. The van der Waals surface area contributed by atoms with Gasteiger partial charge in [-0.15, -0.1) is 0 Å². The average Bonchev–Trinajstić information content (AvgIpc) is 2.26. The Bertz CT molecular complexity index is 395. The number of halogens is 1. The number of carbonyl (C=O) groups is 1. The molecule has 1 atom stereocenters. The van der Waals surface area contributed by atoms with E-state index >= 15 is 0 Å². The first-order chi connectivity index (χ1) is 8.04. The summed E-state index contributed by atoms with van der Waals surface area (Å²) in [6.07, 6.45) is 0.645. The fourth-order valence-electron chi connectivity index (χ4n) is 1.38. The van der Waals surface area contributed by atoms with Crippen LogP contribution in [0.1, 0.15) is 23.7 Å². The van der Waals surface area contributed by atoms with Crippen LogP contribution in [0.25, 0.3) is 0 Å². The Labute approximate surface area is 109 Å². The molecule has 0 bridgehead atoms. The SMILES string of the molecule is CC(CCO)CNC(=O)c1ccc(Br)cc1O. The van der Waals surface area contributed by atoms with Gasteiger partial charge in [0.2, 0.25) is 0 Å². The summed E-state index contributed by atoms with van der Waals surface area (Å²) in [4.78, 5) is 11.7. The summed E-state index contributed by atoms with van der Waals surface area (Å²) in [5, 5.41) is 21.1. The maximum Gasteiger partial charge on any atom is 0.255 e. The first-order valence-electron chi connectivity index (χ1n) is 5.42. The lowest BCUT2D eigenvalue weighted by Crippen LogP contribution is -2.28. The molecule has 1 aromatic carbocycles. The van der Waals surface area contributed by atoms with Gasteiger partial charge in [0.15, 0.2) is 0 Å². The van der Waals surface area contributed by atoms with Crippen LogP contribution in [0.4, 0.5) is 0 Å². The molecule has 5 heteroatoms. The zero-order valence-corrected chi connectivity index (χ0v) is 11.2. The number of carbonyl (C=O) groups excluding carboxylic acids is 1. The van der Waals surface area contributed by atoms with Crippen LogP contribution >= 0.6 is 15.9 Å². The molecule has 3 N–H and O–H groups in total. The number of hydrogen-bond donors (Lipinski definition) is 3. The minimum atomic E-state index is -0.306. The predicted molar refractivity (Wildman–Crippen MR) is 69.0 cm³/mol. The number of rotatable bonds is 5. The molecule has 0 saturated carbocycles. The smallest absolute Gasteiger partial charge is 0.255 e. The molecule has 1 aromatic rings. The maximum atomic E-state index is 11.7. The summed E-state index contributed by atoms with van der Waals surface area (Å²) in [6, 6.07) is 4.74. The lowest BCUT2D eigenvalue weighted by molar-refractivity contribution is 0.0942. The third-order valence-corrected chi connectivity index (χ3v) is 2.93. The van der Waals surface area contributed by atoms with E-state index in [9.17, 15) is 9.90 Å². The molecule has 0 heterocycles.